The number of nitrogens with two attached hydrogens (primary N) is 1. The Balaban J connectivity index is 2.24. The van der Waals surface area contributed by atoms with Crippen molar-refractivity contribution in [3.63, 3.8) is 0 Å². The Morgan fingerprint density at radius 2 is 1.86 bits per heavy atom. The molecule has 0 amide bonds. The summed E-state index contributed by atoms with van der Waals surface area (Å²) in [6, 6.07) is 5.38. The van der Waals surface area contributed by atoms with Crippen molar-refractivity contribution >= 4 is 5.69 Å². The van der Waals surface area contributed by atoms with Crippen LogP contribution >= 0.6 is 0 Å². The minimum absolute atomic E-state index is 0.107. The van der Waals surface area contributed by atoms with Crippen molar-refractivity contribution < 1.29 is 4.92 Å². The van der Waals surface area contributed by atoms with Crippen molar-refractivity contribution in [2.45, 2.75) is 52.9 Å². The van der Waals surface area contributed by atoms with Crippen LogP contribution in [-0.2, 0) is 6.42 Å². The average molecular weight is 290 g/mol. The lowest BCUT2D eigenvalue weighted by Crippen LogP contribution is -2.39. The van der Waals surface area contributed by atoms with Crippen LogP contribution < -0.4 is 5.73 Å². The number of hydrogen-bond donors (Lipinski definition) is 1. The van der Waals surface area contributed by atoms with E-state index in [0.717, 1.165) is 30.4 Å². The van der Waals surface area contributed by atoms with E-state index in [-0.39, 0.29) is 16.0 Å². The topological polar surface area (TPSA) is 69.2 Å². The normalized spacial score (nSPS) is 20.2. The van der Waals surface area contributed by atoms with E-state index >= 15 is 0 Å². The van der Waals surface area contributed by atoms with Gasteiger partial charge in [0.25, 0.3) is 5.69 Å². The minimum atomic E-state index is -0.294. The van der Waals surface area contributed by atoms with Crippen molar-refractivity contribution in [2.75, 3.05) is 6.54 Å². The fraction of sp³-hybridized carbons (Fsp3) is 0.647. The Morgan fingerprint density at radius 1 is 1.24 bits per heavy atom. The highest BCUT2D eigenvalue weighted by molar-refractivity contribution is 5.45. The molecule has 0 radical (unpaired) electrons. The molecule has 0 unspecified atom stereocenters. The van der Waals surface area contributed by atoms with E-state index in [0.29, 0.717) is 12.0 Å². The number of nitro groups is 1. The lowest BCUT2D eigenvalue weighted by atomic mass is 9.63. The zero-order valence-corrected chi connectivity index (χ0v) is 13.3. The van der Waals surface area contributed by atoms with Gasteiger partial charge in [-0.25, -0.2) is 0 Å². The fourth-order valence-corrected chi connectivity index (χ4v) is 3.37. The molecule has 1 fully saturated rings. The number of nitro benzene ring substituents is 1. The van der Waals surface area contributed by atoms with Gasteiger partial charge in [-0.05, 0) is 62.0 Å². The van der Waals surface area contributed by atoms with E-state index in [1.165, 1.54) is 12.8 Å². The molecular formula is C17H26N2O2. The lowest BCUT2D eigenvalue weighted by Gasteiger charge is -2.43. The lowest BCUT2D eigenvalue weighted by molar-refractivity contribution is -0.385. The van der Waals surface area contributed by atoms with Crippen LogP contribution in [-0.4, -0.2) is 11.5 Å². The van der Waals surface area contributed by atoms with Gasteiger partial charge in [-0.2, -0.15) is 0 Å². The quantitative estimate of drug-likeness (QED) is 0.673. The molecule has 2 N–H and O–H groups in total. The smallest absolute Gasteiger partial charge is 0.272 e. The van der Waals surface area contributed by atoms with Gasteiger partial charge in [-0.15, -0.1) is 0 Å². The highest BCUT2D eigenvalue weighted by Gasteiger charge is 2.37. The Morgan fingerprint density at radius 3 is 2.38 bits per heavy atom. The third-order valence-corrected chi connectivity index (χ3v) is 5.28. The largest absolute Gasteiger partial charge is 0.330 e. The summed E-state index contributed by atoms with van der Waals surface area (Å²) in [5.74, 6) is 0. The van der Waals surface area contributed by atoms with Gasteiger partial charge < -0.3 is 5.73 Å². The van der Waals surface area contributed by atoms with Gasteiger partial charge in [0, 0.05) is 11.6 Å². The molecule has 0 spiro atoms. The van der Waals surface area contributed by atoms with Gasteiger partial charge in [0.15, 0.2) is 0 Å². The molecule has 1 aromatic rings. The third-order valence-electron chi connectivity index (χ3n) is 5.28. The zero-order valence-electron chi connectivity index (χ0n) is 13.3. The van der Waals surface area contributed by atoms with Crippen molar-refractivity contribution in [3.05, 3.63) is 39.4 Å². The summed E-state index contributed by atoms with van der Waals surface area (Å²) in [5.41, 5.74) is 8.68. The van der Waals surface area contributed by atoms with E-state index in [4.69, 9.17) is 5.73 Å². The summed E-state index contributed by atoms with van der Waals surface area (Å²) in [7, 11) is 0. The van der Waals surface area contributed by atoms with E-state index < -0.39 is 0 Å². The van der Waals surface area contributed by atoms with Crippen LogP contribution in [0, 0.1) is 27.9 Å². The molecule has 116 valence electrons. The molecule has 1 aliphatic rings. The Labute approximate surface area is 126 Å². The summed E-state index contributed by atoms with van der Waals surface area (Å²) in [5, 5.41) is 11.1. The fourth-order valence-electron chi connectivity index (χ4n) is 3.37. The van der Waals surface area contributed by atoms with Crippen LogP contribution in [0.1, 0.15) is 50.7 Å². The first-order valence-electron chi connectivity index (χ1n) is 7.72. The molecule has 2 rings (SSSR count). The second kappa shape index (κ2) is 5.76. The van der Waals surface area contributed by atoms with Crippen molar-refractivity contribution in [2.24, 2.45) is 16.6 Å². The van der Waals surface area contributed by atoms with Crippen LogP contribution in [0.5, 0.6) is 0 Å². The molecular weight excluding hydrogens is 264 g/mol. The predicted molar refractivity (Wildman–Crippen MR) is 85.3 cm³/mol. The molecule has 0 aromatic heterocycles. The molecule has 21 heavy (non-hydrogen) atoms. The number of benzene rings is 1. The van der Waals surface area contributed by atoms with Crippen LogP contribution in [0.3, 0.4) is 0 Å². The zero-order chi connectivity index (χ0) is 15.7. The van der Waals surface area contributed by atoms with Crippen LogP contribution in [0.25, 0.3) is 0 Å². The molecule has 0 saturated heterocycles. The Bertz CT molecular complexity index is 528. The highest BCUT2D eigenvalue weighted by atomic mass is 16.6. The summed E-state index contributed by atoms with van der Waals surface area (Å²) in [4.78, 5) is 10.8. The maximum absolute atomic E-state index is 11.1. The van der Waals surface area contributed by atoms with Crippen LogP contribution in [0.4, 0.5) is 5.69 Å². The molecule has 0 bridgehead atoms. The van der Waals surface area contributed by atoms with Gasteiger partial charge >= 0.3 is 0 Å². The second-order valence-electron chi connectivity index (χ2n) is 7.36. The maximum Gasteiger partial charge on any atom is 0.272 e. The molecule has 4 nitrogen and oxygen atoms in total. The van der Waals surface area contributed by atoms with Crippen molar-refractivity contribution in [3.8, 4) is 0 Å². The molecule has 0 aliphatic heterocycles. The Kier molecular flexibility index (Phi) is 4.38. The van der Waals surface area contributed by atoms with Gasteiger partial charge in [0.1, 0.15) is 0 Å². The number of hydrogen-bond acceptors (Lipinski definition) is 3. The van der Waals surface area contributed by atoms with E-state index in [1.807, 2.05) is 13.0 Å². The summed E-state index contributed by atoms with van der Waals surface area (Å²) < 4.78 is 0. The highest BCUT2D eigenvalue weighted by Crippen LogP contribution is 2.46. The molecule has 1 aromatic carbocycles. The monoisotopic (exact) mass is 290 g/mol. The van der Waals surface area contributed by atoms with E-state index in [9.17, 15) is 10.1 Å². The predicted octanol–water partition coefficient (Wildman–Crippen LogP) is 3.99. The average Bonchev–Trinajstić information content (AvgIpc) is 2.43. The first-order valence-corrected chi connectivity index (χ1v) is 7.72. The summed E-state index contributed by atoms with van der Waals surface area (Å²) in [6.07, 6.45) is 5.43. The first kappa shape index (κ1) is 16.0. The molecule has 0 atom stereocenters. The van der Waals surface area contributed by atoms with Crippen molar-refractivity contribution in [1.29, 1.82) is 0 Å². The molecule has 1 aliphatic carbocycles. The Hall–Kier alpha value is -1.42. The second-order valence-corrected chi connectivity index (χ2v) is 7.36. The maximum atomic E-state index is 11.1. The first-order chi connectivity index (χ1) is 9.79. The van der Waals surface area contributed by atoms with E-state index in [2.05, 4.69) is 13.8 Å². The van der Waals surface area contributed by atoms with Gasteiger partial charge in [0.2, 0.25) is 0 Å². The van der Waals surface area contributed by atoms with Crippen LogP contribution in [0.2, 0.25) is 0 Å². The van der Waals surface area contributed by atoms with E-state index in [1.54, 1.807) is 12.1 Å². The summed E-state index contributed by atoms with van der Waals surface area (Å²) >= 11 is 0. The minimum Gasteiger partial charge on any atom is -0.330 e. The SMILES string of the molecule is Cc1c(CC2(CN)CCC(C)(C)CC2)cccc1[N+](=O)[O-]. The van der Waals surface area contributed by atoms with Crippen LogP contribution in [0.15, 0.2) is 18.2 Å². The molecule has 4 heteroatoms. The van der Waals surface area contributed by atoms with Gasteiger partial charge in [-0.1, -0.05) is 26.0 Å². The van der Waals surface area contributed by atoms with Crippen molar-refractivity contribution in [1.82, 2.24) is 0 Å². The third kappa shape index (κ3) is 3.43. The molecule has 0 heterocycles. The number of rotatable bonds is 4. The summed E-state index contributed by atoms with van der Waals surface area (Å²) in [6.45, 7) is 7.13. The van der Waals surface area contributed by atoms with Gasteiger partial charge in [-0.3, -0.25) is 10.1 Å². The molecule has 1 saturated carbocycles. The number of nitrogens with zero attached hydrogens (tertiary/aromatic N) is 1. The van der Waals surface area contributed by atoms with Gasteiger partial charge in [0.05, 0.1) is 4.92 Å². The standard InChI is InChI=1S/C17H26N2O2/c1-13-14(5-4-6-15(13)19(20)21)11-17(12-18)9-7-16(2,3)8-10-17/h4-6H,7-12,18H2,1-3H3.